The van der Waals surface area contributed by atoms with Gasteiger partial charge >= 0.3 is 0 Å². The van der Waals surface area contributed by atoms with Crippen LogP contribution in [-0.4, -0.2) is 45.3 Å². The minimum atomic E-state index is -3.65. The van der Waals surface area contributed by atoms with E-state index in [1.807, 2.05) is 6.20 Å². The molecule has 1 aromatic heterocycles. The van der Waals surface area contributed by atoms with Gasteiger partial charge in [-0.3, -0.25) is 9.71 Å². The molecule has 0 unspecified atom stereocenters. The lowest BCUT2D eigenvalue weighted by Crippen LogP contribution is -2.40. The summed E-state index contributed by atoms with van der Waals surface area (Å²) in [4.78, 5) is 7.18. The fourth-order valence-electron chi connectivity index (χ4n) is 3.08. The van der Waals surface area contributed by atoms with Crippen LogP contribution < -0.4 is 15.4 Å². The Kier molecular flexibility index (Phi) is 9.25. The normalized spacial score (nSPS) is 11.8. The third-order valence-corrected chi connectivity index (χ3v) is 6.04. The third-order valence-electron chi connectivity index (χ3n) is 4.75. The molecule has 2 aromatic carbocycles. The van der Waals surface area contributed by atoms with Crippen LogP contribution in [0.1, 0.15) is 11.1 Å². The fourth-order valence-corrected chi connectivity index (χ4v) is 4.04. The molecule has 0 fully saturated rings. The molecule has 4 N–H and O–H groups in total. The van der Waals surface area contributed by atoms with Crippen molar-refractivity contribution in [1.82, 2.24) is 15.6 Å². The first kappa shape index (κ1) is 25.8. The molecule has 0 amide bonds. The molecule has 1 heterocycles. The second kappa shape index (κ2) is 11.5. The Balaban J connectivity index is 0.00000363. The number of halogens is 3. The summed E-state index contributed by atoms with van der Waals surface area (Å²) in [5, 5.41) is 6.87. The Bertz CT molecular complexity index is 1200. The van der Waals surface area contributed by atoms with Gasteiger partial charge in [0.15, 0.2) is 5.96 Å². The largest absolute Gasteiger partial charge is 0.361 e. The summed E-state index contributed by atoms with van der Waals surface area (Å²) in [6, 6.07) is 8.77. The number of guanidine groups is 1. The minimum Gasteiger partial charge on any atom is -0.361 e. The van der Waals surface area contributed by atoms with Gasteiger partial charge in [0.05, 0.1) is 11.4 Å². The predicted octanol–water partition coefficient (Wildman–Crippen LogP) is 3.52. The van der Waals surface area contributed by atoms with Gasteiger partial charge in [-0.15, -0.1) is 24.0 Å². The zero-order valence-electron chi connectivity index (χ0n) is 17.7. The molecule has 32 heavy (non-hydrogen) atoms. The lowest BCUT2D eigenvalue weighted by molar-refractivity contribution is 0.599. The summed E-state index contributed by atoms with van der Waals surface area (Å²) in [7, 11) is -2.07. The number of rotatable bonds is 8. The van der Waals surface area contributed by atoms with Crippen molar-refractivity contribution in [2.45, 2.75) is 13.3 Å². The van der Waals surface area contributed by atoms with E-state index in [2.05, 4.69) is 25.3 Å². The molecule has 3 rings (SSSR count). The molecule has 0 aliphatic heterocycles. The van der Waals surface area contributed by atoms with E-state index >= 15 is 0 Å². The zero-order chi connectivity index (χ0) is 22.4. The van der Waals surface area contributed by atoms with Gasteiger partial charge in [-0.2, -0.15) is 0 Å². The highest BCUT2D eigenvalue weighted by Gasteiger charge is 2.12. The summed E-state index contributed by atoms with van der Waals surface area (Å²) < 4.78 is 53.9. The molecule has 3 aromatic rings. The van der Waals surface area contributed by atoms with Crippen molar-refractivity contribution in [1.29, 1.82) is 0 Å². The average Bonchev–Trinajstić information content (AvgIpc) is 3.11. The van der Waals surface area contributed by atoms with Crippen LogP contribution in [0.5, 0.6) is 0 Å². The number of aromatic amines is 1. The number of nitrogens with zero attached hydrogens (tertiary/aromatic N) is 1. The monoisotopic (exact) mass is 577 g/mol. The van der Waals surface area contributed by atoms with Crippen LogP contribution in [0.2, 0.25) is 0 Å². The second-order valence-electron chi connectivity index (χ2n) is 7.06. The molecule has 0 radical (unpaired) electrons. The van der Waals surface area contributed by atoms with Crippen LogP contribution in [0, 0.1) is 18.6 Å². The molecule has 0 saturated heterocycles. The minimum absolute atomic E-state index is 0. The molecule has 11 heteroatoms. The van der Waals surface area contributed by atoms with E-state index in [0.29, 0.717) is 24.5 Å². The zero-order valence-corrected chi connectivity index (χ0v) is 20.9. The highest BCUT2D eigenvalue weighted by atomic mass is 127. The van der Waals surface area contributed by atoms with Crippen LogP contribution in [0.15, 0.2) is 47.6 Å². The third kappa shape index (κ3) is 7.05. The standard InChI is InChI=1S/C21H25F2N5O2S.HI/c1-14-3-5-17(12-19(14)23)28-31(29,30)10-9-26-21(24-2)25-8-7-15-13-27-20-6-4-16(22)11-18(15)20;/h3-6,11-13,27-28H,7-10H2,1-2H3,(H2,24,25,26);1H. The van der Waals surface area contributed by atoms with Crippen molar-refractivity contribution in [2.75, 3.05) is 30.6 Å². The Morgan fingerprint density at radius 3 is 2.56 bits per heavy atom. The van der Waals surface area contributed by atoms with Crippen LogP contribution in [0.25, 0.3) is 10.9 Å². The molecule has 0 aliphatic carbocycles. The van der Waals surface area contributed by atoms with E-state index in [4.69, 9.17) is 0 Å². The maximum Gasteiger partial charge on any atom is 0.234 e. The molecule has 0 atom stereocenters. The van der Waals surface area contributed by atoms with Crippen molar-refractivity contribution in [3.05, 3.63) is 65.4 Å². The van der Waals surface area contributed by atoms with E-state index in [1.54, 1.807) is 20.0 Å². The number of hydrogen-bond donors (Lipinski definition) is 4. The lowest BCUT2D eigenvalue weighted by Gasteiger charge is -2.13. The SMILES string of the molecule is CN=C(NCCc1c[nH]c2ccc(F)cc12)NCCS(=O)(=O)Nc1ccc(C)c(F)c1.I. The highest BCUT2D eigenvalue weighted by Crippen LogP contribution is 2.19. The number of sulfonamides is 1. The van der Waals surface area contributed by atoms with E-state index in [0.717, 1.165) is 22.5 Å². The van der Waals surface area contributed by atoms with Crippen molar-refractivity contribution < 1.29 is 17.2 Å². The van der Waals surface area contributed by atoms with Gasteiger partial charge in [0.1, 0.15) is 11.6 Å². The predicted molar refractivity (Wildman–Crippen MR) is 135 cm³/mol. The number of aliphatic imine (C=N–C) groups is 1. The van der Waals surface area contributed by atoms with Crippen molar-refractivity contribution in [3.8, 4) is 0 Å². The number of H-pyrrole nitrogens is 1. The topological polar surface area (TPSA) is 98.4 Å². The molecular weight excluding hydrogens is 551 g/mol. The molecule has 0 spiro atoms. The van der Waals surface area contributed by atoms with Gasteiger partial charge in [0.2, 0.25) is 10.0 Å². The maximum atomic E-state index is 13.6. The van der Waals surface area contributed by atoms with E-state index in [-0.39, 0.29) is 47.8 Å². The summed E-state index contributed by atoms with van der Waals surface area (Å²) in [6.07, 6.45) is 2.47. The Morgan fingerprint density at radius 1 is 1.09 bits per heavy atom. The van der Waals surface area contributed by atoms with E-state index in [1.165, 1.54) is 24.3 Å². The highest BCUT2D eigenvalue weighted by molar-refractivity contribution is 14.0. The second-order valence-corrected chi connectivity index (χ2v) is 8.91. The van der Waals surface area contributed by atoms with Crippen LogP contribution >= 0.6 is 24.0 Å². The van der Waals surface area contributed by atoms with Crippen molar-refractivity contribution in [3.63, 3.8) is 0 Å². The maximum absolute atomic E-state index is 13.6. The summed E-state index contributed by atoms with van der Waals surface area (Å²) in [6.45, 7) is 2.24. The van der Waals surface area contributed by atoms with E-state index < -0.39 is 15.8 Å². The number of aryl methyl sites for hydroxylation is 1. The number of aromatic nitrogens is 1. The number of nitrogens with one attached hydrogen (secondary N) is 4. The Labute approximate surface area is 203 Å². The average molecular weight is 577 g/mol. The van der Waals surface area contributed by atoms with Gasteiger partial charge in [-0.25, -0.2) is 17.2 Å². The first-order chi connectivity index (χ1) is 14.8. The quantitative estimate of drug-likeness (QED) is 0.187. The first-order valence-electron chi connectivity index (χ1n) is 9.74. The summed E-state index contributed by atoms with van der Waals surface area (Å²) in [5.41, 5.74) is 2.46. The molecule has 0 saturated carbocycles. The van der Waals surface area contributed by atoms with Gasteiger partial charge < -0.3 is 15.6 Å². The Morgan fingerprint density at radius 2 is 1.84 bits per heavy atom. The number of hydrogen-bond acceptors (Lipinski definition) is 3. The van der Waals surface area contributed by atoms with Gasteiger partial charge in [0, 0.05) is 37.2 Å². The van der Waals surface area contributed by atoms with Crippen LogP contribution in [-0.2, 0) is 16.4 Å². The molecular formula is C21H26F2IN5O2S. The fraction of sp³-hybridized carbons (Fsp3) is 0.286. The Hall–Kier alpha value is -2.41. The van der Waals surface area contributed by atoms with E-state index in [9.17, 15) is 17.2 Å². The molecule has 174 valence electrons. The number of fused-ring (bicyclic) bond motifs is 1. The number of anilines is 1. The summed E-state index contributed by atoms with van der Waals surface area (Å²) >= 11 is 0. The first-order valence-corrected chi connectivity index (χ1v) is 11.4. The van der Waals surface area contributed by atoms with Gasteiger partial charge in [-0.05, 0) is 54.8 Å². The molecule has 0 aliphatic rings. The van der Waals surface area contributed by atoms with Crippen LogP contribution in [0.3, 0.4) is 0 Å². The van der Waals surface area contributed by atoms with Crippen LogP contribution in [0.4, 0.5) is 14.5 Å². The lowest BCUT2D eigenvalue weighted by atomic mass is 10.1. The smallest absolute Gasteiger partial charge is 0.234 e. The molecule has 0 bridgehead atoms. The van der Waals surface area contributed by atoms with Gasteiger partial charge in [0.25, 0.3) is 0 Å². The molecule has 7 nitrogen and oxygen atoms in total. The van der Waals surface area contributed by atoms with Crippen molar-refractivity contribution in [2.24, 2.45) is 4.99 Å². The summed E-state index contributed by atoms with van der Waals surface area (Å²) in [5.74, 6) is -0.532. The van der Waals surface area contributed by atoms with Gasteiger partial charge in [-0.1, -0.05) is 6.07 Å². The number of benzene rings is 2. The van der Waals surface area contributed by atoms with Crippen molar-refractivity contribution >= 4 is 56.5 Å².